The lowest BCUT2D eigenvalue weighted by atomic mass is 9.86. The maximum atomic E-state index is 12.7. The van der Waals surface area contributed by atoms with Gasteiger partial charge in [-0.15, -0.1) is 6.58 Å². The molecule has 0 bridgehead atoms. The minimum Gasteiger partial charge on any atom is -0.342 e. The molecule has 0 N–H and O–H groups in total. The molecular weight excluding hydrogens is 264 g/mol. The highest BCUT2D eigenvalue weighted by Crippen LogP contribution is 2.28. The van der Waals surface area contributed by atoms with Gasteiger partial charge in [0.25, 0.3) is 0 Å². The zero-order valence-electron chi connectivity index (χ0n) is 13.4. The SMILES string of the molecule is C=C[C@](C)(CC)C(=O)N1CCC[C@@H](N2CCCC2=O)CC1. The average Bonchev–Trinajstić information content (AvgIpc) is 2.78. The van der Waals surface area contributed by atoms with Gasteiger partial charge in [-0.1, -0.05) is 13.0 Å². The fraction of sp³-hybridized carbons (Fsp3) is 0.765. The normalized spacial score (nSPS) is 26.4. The Hall–Kier alpha value is -1.32. The lowest BCUT2D eigenvalue weighted by Gasteiger charge is -2.31. The van der Waals surface area contributed by atoms with Gasteiger partial charge in [-0.3, -0.25) is 9.59 Å². The number of rotatable bonds is 4. The standard InChI is InChI=1S/C17H28N2O2/c1-4-17(3,5-2)16(21)18-11-6-8-14(10-13-18)19-12-7-9-15(19)20/h4,14H,1,5-13H2,2-3H3/t14-,17-/m1/s1. The molecule has 2 aliphatic rings. The predicted octanol–water partition coefficient (Wildman–Crippen LogP) is 2.59. The molecule has 4 nitrogen and oxygen atoms in total. The fourth-order valence-corrected chi connectivity index (χ4v) is 3.39. The summed E-state index contributed by atoms with van der Waals surface area (Å²) >= 11 is 0. The average molecular weight is 292 g/mol. The van der Waals surface area contributed by atoms with Crippen LogP contribution in [0.1, 0.15) is 52.4 Å². The van der Waals surface area contributed by atoms with Crippen LogP contribution in [0.4, 0.5) is 0 Å². The van der Waals surface area contributed by atoms with E-state index in [-0.39, 0.29) is 5.91 Å². The van der Waals surface area contributed by atoms with E-state index in [4.69, 9.17) is 0 Å². The second kappa shape index (κ2) is 6.63. The van der Waals surface area contributed by atoms with E-state index in [2.05, 4.69) is 6.58 Å². The number of amides is 2. The molecule has 2 aliphatic heterocycles. The third-order valence-electron chi connectivity index (χ3n) is 5.21. The van der Waals surface area contributed by atoms with Crippen molar-refractivity contribution >= 4 is 11.8 Å². The highest BCUT2D eigenvalue weighted by Gasteiger charge is 2.35. The van der Waals surface area contributed by atoms with E-state index in [1.807, 2.05) is 23.6 Å². The predicted molar refractivity (Wildman–Crippen MR) is 83.8 cm³/mol. The lowest BCUT2D eigenvalue weighted by Crippen LogP contribution is -2.42. The van der Waals surface area contributed by atoms with Crippen molar-refractivity contribution in [1.29, 1.82) is 0 Å². The molecule has 2 rings (SSSR count). The first-order valence-corrected chi connectivity index (χ1v) is 8.24. The first kappa shape index (κ1) is 16.1. The van der Waals surface area contributed by atoms with Crippen LogP contribution >= 0.6 is 0 Å². The van der Waals surface area contributed by atoms with Crippen LogP contribution in [-0.2, 0) is 9.59 Å². The summed E-state index contributed by atoms with van der Waals surface area (Å²) in [4.78, 5) is 28.6. The topological polar surface area (TPSA) is 40.6 Å². The highest BCUT2D eigenvalue weighted by atomic mass is 16.2. The fourth-order valence-electron chi connectivity index (χ4n) is 3.39. The van der Waals surface area contributed by atoms with E-state index in [0.29, 0.717) is 18.4 Å². The van der Waals surface area contributed by atoms with Gasteiger partial charge in [-0.05, 0) is 39.0 Å². The summed E-state index contributed by atoms with van der Waals surface area (Å²) in [6, 6.07) is 0.328. The quantitative estimate of drug-likeness (QED) is 0.747. The number of likely N-dealkylation sites (tertiary alicyclic amines) is 2. The number of hydrogen-bond acceptors (Lipinski definition) is 2. The van der Waals surface area contributed by atoms with E-state index in [0.717, 1.165) is 51.7 Å². The second-order valence-electron chi connectivity index (χ2n) is 6.54. The van der Waals surface area contributed by atoms with Crippen LogP contribution in [0.2, 0.25) is 0 Å². The van der Waals surface area contributed by atoms with Gasteiger partial charge in [-0.25, -0.2) is 0 Å². The Balaban J connectivity index is 1.99. The largest absolute Gasteiger partial charge is 0.342 e. The molecule has 0 aliphatic carbocycles. The van der Waals surface area contributed by atoms with E-state index in [1.165, 1.54) is 0 Å². The van der Waals surface area contributed by atoms with Crippen molar-refractivity contribution in [3.63, 3.8) is 0 Å². The van der Waals surface area contributed by atoms with Gasteiger partial charge >= 0.3 is 0 Å². The maximum absolute atomic E-state index is 12.7. The summed E-state index contributed by atoms with van der Waals surface area (Å²) in [5.74, 6) is 0.484. The van der Waals surface area contributed by atoms with Crippen molar-refractivity contribution in [3.05, 3.63) is 12.7 Å². The van der Waals surface area contributed by atoms with Crippen molar-refractivity contribution in [2.24, 2.45) is 5.41 Å². The lowest BCUT2D eigenvalue weighted by molar-refractivity contribution is -0.138. The molecule has 2 amide bonds. The van der Waals surface area contributed by atoms with Gasteiger partial charge in [0, 0.05) is 32.1 Å². The summed E-state index contributed by atoms with van der Waals surface area (Å²) in [6.07, 6.45) is 7.16. The number of carbonyl (C=O) groups excluding carboxylic acids is 2. The van der Waals surface area contributed by atoms with Crippen molar-refractivity contribution < 1.29 is 9.59 Å². The van der Waals surface area contributed by atoms with Crippen molar-refractivity contribution in [1.82, 2.24) is 9.80 Å². The molecule has 2 heterocycles. The highest BCUT2D eigenvalue weighted by molar-refractivity contribution is 5.84. The molecule has 0 aromatic carbocycles. The van der Waals surface area contributed by atoms with Crippen LogP contribution in [0.5, 0.6) is 0 Å². The summed E-state index contributed by atoms with van der Waals surface area (Å²) in [5.41, 5.74) is -0.455. The van der Waals surface area contributed by atoms with Gasteiger partial charge in [0.1, 0.15) is 0 Å². The molecule has 21 heavy (non-hydrogen) atoms. The molecule has 0 radical (unpaired) electrons. The van der Waals surface area contributed by atoms with Crippen LogP contribution < -0.4 is 0 Å². The van der Waals surface area contributed by atoms with Crippen molar-refractivity contribution in [2.45, 2.75) is 58.4 Å². The molecule has 2 atom stereocenters. The molecule has 4 heteroatoms. The molecule has 2 fully saturated rings. The third kappa shape index (κ3) is 3.30. The third-order valence-corrected chi connectivity index (χ3v) is 5.21. The van der Waals surface area contributed by atoms with Gasteiger partial charge in [0.15, 0.2) is 0 Å². The summed E-state index contributed by atoms with van der Waals surface area (Å²) < 4.78 is 0. The first-order valence-electron chi connectivity index (χ1n) is 8.24. The zero-order valence-corrected chi connectivity index (χ0v) is 13.4. The summed E-state index contributed by atoms with van der Waals surface area (Å²) in [6.45, 7) is 10.3. The monoisotopic (exact) mass is 292 g/mol. The van der Waals surface area contributed by atoms with Gasteiger partial charge < -0.3 is 9.80 Å². The Morgan fingerprint density at radius 3 is 2.67 bits per heavy atom. The first-order chi connectivity index (χ1) is 10.0. The van der Waals surface area contributed by atoms with Crippen LogP contribution in [0.25, 0.3) is 0 Å². The van der Waals surface area contributed by atoms with Crippen LogP contribution in [-0.4, -0.2) is 47.3 Å². The number of nitrogens with zero attached hydrogens (tertiary/aromatic N) is 2. The Labute approximate surface area is 128 Å². The van der Waals surface area contributed by atoms with Crippen LogP contribution in [0.15, 0.2) is 12.7 Å². The van der Waals surface area contributed by atoms with E-state index < -0.39 is 5.41 Å². The van der Waals surface area contributed by atoms with Crippen LogP contribution in [0.3, 0.4) is 0 Å². The molecule has 0 unspecified atom stereocenters. The molecule has 0 spiro atoms. The number of hydrogen-bond donors (Lipinski definition) is 0. The van der Waals surface area contributed by atoms with Crippen molar-refractivity contribution in [3.8, 4) is 0 Å². The molecule has 118 valence electrons. The van der Waals surface area contributed by atoms with E-state index in [1.54, 1.807) is 6.08 Å². The molecule has 2 saturated heterocycles. The van der Waals surface area contributed by atoms with E-state index in [9.17, 15) is 9.59 Å². The zero-order chi connectivity index (χ0) is 15.5. The second-order valence-corrected chi connectivity index (χ2v) is 6.54. The van der Waals surface area contributed by atoms with Gasteiger partial charge in [0.05, 0.1) is 5.41 Å². The van der Waals surface area contributed by atoms with Gasteiger partial charge in [0.2, 0.25) is 11.8 Å². The minimum absolute atomic E-state index is 0.188. The van der Waals surface area contributed by atoms with Crippen LogP contribution in [0, 0.1) is 5.41 Å². The minimum atomic E-state index is -0.455. The summed E-state index contributed by atoms with van der Waals surface area (Å²) in [7, 11) is 0. The van der Waals surface area contributed by atoms with Gasteiger partial charge in [-0.2, -0.15) is 0 Å². The Kier molecular flexibility index (Phi) is 5.07. The number of carbonyl (C=O) groups is 2. The molecule has 0 saturated carbocycles. The Morgan fingerprint density at radius 1 is 1.33 bits per heavy atom. The molecule has 0 aromatic rings. The van der Waals surface area contributed by atoms with Crippen molar-refractivity contribution in [2.75, 3.05) is 19.6 Å². The summed E-state index contributed by atoms with van der Waals surface area (Å²) in [5, 5.41) is 0. The Morgan fingerprint density at radius 2 is 2.10 bits per heavy atom. The van der Waals surface area contributed by atoms with E-state index >= 15 is 0 Å². The smallest absolute Gasteiger partial charge is 0.232 e. The molecular formula is C17H28N2O2. The maximum Gasteiger partial charge on any atom is 0.232 e. The molecule has 0 aromatic heterocycles. The Bertz CT molecular complexity index is 421.